The number of rotatable bonds is 6. The lowest BCUT2D eigenvalue weighted by atomic mass is 10.0. The van der Waals surface area contributed by atoms with Crippen LogP contribution in [-0.2, 0) is 0 Å². The summed E-state index contributed by atoms with van der Waals surface area (Å²) in [6.45, 7) is 6.77. The van der Waals surface area contributed by atoms with Crippen LogP contribution < -0.4 is 5.32 Å². The van der Waals surface area contributed by atoms with E-state index in [1.165, 1.54) is 19.3 Å². The van der Waals surface area contributed by atoms with Crippen LogP contribution in [-0.4, -0.2) is 16.0 Å². The number of fused-ring (bicyclic) bond motifs is 1. The van der Waals surface area contributed by atoms with Crippen LogP contribution in [0.4, 0.5) is 5.82 Å². The molecule has 0 saturated carbocycles. The minimum absolute atomic E-state index is 0.460. The third-order valence-electron chi connectivity index (χ3n) is 3.06. The van der Waals surface area contributed by atoms with Crippen molar-refractivity contribution in [1.82, 2.24) is 9.97 Å². The van der Waals surface area contributed by atoms with Gasteiger partial charge in [-0.15, -0.1) is 11.3 Å². The van der Waals surface area contributed by atoms with E-state index in [1.807, 2.05) is 0 Å². The van der Waals surface area contributed by atoms with Crippen molar-refractivity contribution >= 4 is 27.4 Å². The molecule has 0 aliphatic heterocycles. The summed E-state index contributed by atoms with van der Waals surface area (Å²) in [5.41, 5.74) is 0. The fraction of sp³-hybridized carbons (Fsp3) is 0.571. The van der Waals surface area contributed by atoms with Crippen LogP contribution in [0.3, 0.4) is 0 Å². The fourth-order valence-electron chi connectivity index (χ4n) is 2.04. The number of hydrogen-bond acceptors (Lipinski definition) is 4. The lowest BCUT2D eigenvalue weighted by molar-refractivity contribution is 0.520. The van der Waals surface area contributed by atoms with Gasteiger partial charge in [-0.3, -0.25) is 0 Å². The Bertz CT molecular complexity index is 492. The molecule has 0 spiro atoms. The first-order valence-electron chi connectivity index (χ1n) is 6.61. The first kappa shape index (κ1) is 13.3. The average Bonchev–Trinajstić information content (AvgIpc) is 2.77. The molecule has 18 heavy (non-hydrogen) atoms. The number of nitrogens with one attached hydrogen (secondary N) is 1. The molecule has 2 aromatic heterocycles. The molecule has 2 aromatic rings. The molecule has 0 aliphatic rings. The third kappa shape index (κ3) is 3.42. The van der Waals surface area contributed by atoms with Crippen molar-refractivity contribution in [3.05, 3.63) is 17.8 Å². The van der Waals surface area contributed by atoms with Crippen molar-refractivity contribution in [1.29, 1.82) is 0 Å². The lowest BCUT2D eigenvalue weighted by Crippen LogP contribution is -2.16. The number of anilines is 1. The van der Waals surface area contributed by atoms with Gasteiger partial charge in [0.15, 0.2) is 0 Å². The summed E-state index contributed by atoms with van der Waals surface area (Å²) in [5.74, 6) is 1.76. The summed E-state index contributed by atoms with van der Waals surface area (Å²) in [7, 11) is 0. The van der Waals surface area contributed by atoms with E-state index in [9.17, 15) is 0 Å². The number of aromatic nitrogens is 2. The second kappa shape index (κ2) is 6.14. The molecule has 4 heteroatoms. The van der Waals surface area contributed by atoms with Crippen LogP contribution >= 0.6 is 11.3 Å². The van der Waals surface area contributed by atoms with Gasteiger partial charge < -0.3 is 5.32 Å². The van der Waals surface area contributed by atoms with E-state index in [-0.39, 0.29) is 0 Å². The maximum absolute atomic E-state index is 4.35. The zero-order valence-corrected chi connectivity index (χ0v) is 12.1. The van der Waals surface area contributed by atoms with Gasteiger partial charge >= 0.3 is 0 Å². The van der Waals surface area contributed by atoms with Gasteiger partial charge in [-0.1, -0.05) is 26.7 Å². The van der Waals surface area contributed by atoms with Crippen molar-refractivity contribution in [2.24, 2.45) is 5.92 Å². The third-order valence-corrected chi connectivity index (χ3v) is 3.88. The maximum Gasteiger partial charge on any atom is 0.138 e. The van der Waals surface area contributed by atoms with E-state index in [1.54, 1.807) is 17.7 Å². The van der Waals surface area contributed by atoms with Gasteiger partial charge in [0.2, 0.25) is 0 Å². The molecule has 1 N–H and O–H groups in total. The minimum atomic E-state index is 0.460. The van der Waals surface area contributed by atoms with Gasteiger partial charge in [-0.2, -0.15) is 0 Å². The standard InChI is InChI=1S/C14H21N3S/c1-10(2)5-4-6-11(3)17-13-12-7-8-18-14(12)16-9-15-13/h7-11H,4-6H2,1-3H3,(H,15,16,17)/t11-/m0/s1. The van der Waals surface area contributed by atoms with Gasteiger partial charge in [0, 0.05) is 6.04 Å². The average molecular weight is 263 g/mol. The second-order valence-corrected chi connectivity index (χ2v) is 6.13. The highest BCUT2D eigenvalue weighted by molar-refractivity contribution is 7.16. The highest BCUT2D eigenvalue weighted by atomic mass is 32.1. The zero-order valence-electron chi connectivity index (χ0n) is 11.3. The predicted molar refractivity (Wildman–Crippen MR) is 79.2 cm³/mol. The molecule has 3 nitrogen and oxygen atoms in total. The monoisotopic (exact) mass is 263 g/mol. The molecule has 0 aromatic carbocycles. The van der Waals surface area contributed by atoms with Crippen molar-refractivity contribution in [3.63, 3.8) is 0 Å². The van der Waals surface area contributed by atoms with E-state index >= 15 is 0 Å². The Morgan fingerprint density at radius 3 is 2.83 bits per heavy atom. The molecule has 98 valence electrons. The zero-order chi connectivity index (χ0) is 13.0. The van der Waals surface area contributed by atoms with Crippen LogP contribution in [0.1, 0.15) is 40.0 Å². The molecule has 0 fully saturated rings. The topological polar surface area (TPSA) is 37.8 Å². The molecule has 0 saturated heterocycles. The lowest BCUT2D eigenvalue weighted by Gasteiger charge is -2.15. The smallest absolute Gasteiger partial charge is 0.138 e. The summed E-state index contributed by atoms with van der Waals surface area (Å²) < 4.78 is 0. The van der Waals surface area contributed by atoms with Crippen LogP contribution in [0.15, 0.2) is 17.8 Å². The SMILES string of the molecule is CC(C)CCC[C@H](C)Nc1ncnc2sccc12. The maximum atomic E-state index is 4.35. The first-order valence-corrected chi connectivity index (χ1v) is 7.49. The van der Waals surface area contributed by atoms with Gasteiger partial charge in [-0.25, -0.2) is 9.97 Å². The highest BCUT2D eigenvalue weighted by Gasteiger charge is 2.08. The molecule has 2 rings (SSSR count). The minimum Gasteiger partial charge on any atom is -0.367 e. The van der Waals surface area contributed by atoms with E-state index in [0.29, 0.717) is 6.04 Å². The van der Waals surface area contributed by atoms with E-state index < -0.39 is 0 Å². The number of thiophene rings is 1. The summed E-state index contributed by atoms with van der Waals surface area (Å²) in [6.07, 6.45) is 5.39. The first-order chi connectivity index (χ1) is 8.66. The molecular formula is C14H21N3S. The Balaban J connectivity index is 1.94. The van der Waals surface area contributed by atoms with Crippen molar-refractivity contribution in [3.8, 4) is 0 Å². The van der Waals surface area contributed by atoms with Crippen molar-refractivity contribution in [2.75, 3.05) is 5.32 Å². The number of hydrogen-bond donors (Lipinski definition) is 1. The highest BCUT2D eigenvalue weighted by Crippen LogP contribution is 2.24. The van der Waals surface area contributed by atoms with Crippen LogP contribution in [0.25, 0.3) is 10.2 Å². The second-order valence-electron chi connectivity index (χ2n) is 5.23. The predicted octanol–water partition coefficient (Wildman–Crippen LogP) is 4.32. The quantitative estimate of drug-likeness (QED) is 0.843. The van der Waals surface area contributed by atoms with Crippen LogP contribution in [0, 0.1) is 5.92 Å². The summed E-state index contributed by atoms with van der Waals surface area (Å²) in [5, 5.41) is 6.70. The summed E-state index contributed by atoms with van der Waals surface area (Å²) >= 11 is 1.66. The largest absolute Gasteiger partial charge is 0.367 e. The van der Waals surface area contributed by atoms with Crippen LogP contribution in [0.5, 0.6) is 0 Å². The Hall–Kier alpha value is -1.16. The van der Waals surface area contributed by atoms with Crippen LogP contribution in [0.2, 0.25) is 0 Å². The number of nitrogens with zero attached hydrogens (tertiary/aromatic N) is 2. The molecule has 0 amide bonds. The molecular weight excluding hydrogens is 242 g/mol. The Labute approximate surface area is 113 Å². The Morgan fingerprint density at radius 2 is 2.06 bits per heavy atom. The van der Waals surface area contributed by atoms with Gasteiger partial charge in [0.1, 0.15) is 17.0 Å². The van der Waals surface area contributed by atoms with Gasteiger partial charge in [0.25, 0.3) is 0 Å². The molecule has 0 aliphatic carbocycles. The van der Waals surface area contributed by atoms with E-state index in [0.717, 1.165) is 22.0 Å². The van der Waals surface area contributed by atoms with Crippen molar-refractivity contribution < 1.29 is 0 Å². The Kier molecular flexibility index (Phi) is 4.53. The molecule has 2 heterocycles. The Morgan fingerprint density at radius 1 is 1.22 bits per heavy atom. The molecule has 0 radical (unpaired) electrons. The van der Waals surface area contributed by atoms with Gasteiger partial charge in [0.05, 0.1) is 5.39 Å². The fourth-order valence-corrected chi connectivity index (χ4v) is 2.78. The van der Waals surface area contributed by atoms with Crippen molar-refractivity contribution in [2.45, 2.75) is 46.1 Å². The summed E-state index contributed by atoms with van der Waals surface area (Å²) in [6, 6.07) is 2.55. The van der Waals surface area contributed by atoms with Gasteiger partial charge in [-0.05, 0) is 30.7 Å². The normalized spacial score (nSPS) is 13.1. The molecule has 0 unspecified atom stereocenters. The molecule has 0 bridgehead atoms. The molecule has 1 atom stereocenters. The van der Waals surface area contributed by atoms with E-state index in [4.69, 9.17) is 0 Å². The summed E-state index contributed by atoms with van der Waals surface area (Å²) in [4.78, 5) is 9.67. The van der Waals surface area contributed by atoms with E-state index in [2.05, 4.69) is 47.5 Å².